The molecule has 0 unspecified atom stereocenters. The van der Waals surface area contributed by atoms with E-state index < -0.39 is 23.3 Å². The molecule has 3 aromatic rings. The van der Waals surface area contributed by atoms with Gasteiger partial charge < -0.3 is 10.1 Å². The molecule has 1 heterocycles. The monoisotopic (exact) mass is 433 g/mol. The van der Waals surface area contributed by atoms with E-state index in [-0.39, 0.29) is 22.7 Å². The second-order valence-electron chi connectivity index (χ2n) is 6.46. The summed E-state index contributed by atoms with van der Waals surface area (Å²) in [6.07, 6.45) is 1.62. The summed E-state index contributed by atoms with van der Waals surface area (Å²) in [5.74, 6) is -1.15. The summed E-state index contributed by atoms with van der Waals surface area (Å²) < 4.78 is 5.28. The van der Waals surface area contributed by atoms with Crippen LogP contribution in [0.2, 0.25) is 0 Å². The first-order valence-corrected chi connectivity index (χ1v) is 9.47. The third-order valence-electron chi connectivity index (χ3n) is 4.23. The minimum atomic E-state index is -0.597. The van der Waals surface area contributed by atoms with Gasteiger partial charge in [0.1, 0.15) is 0 Å². The predicted octanol–water partition coefficient (Wildman–Crippen LogP) is 3.16. The van der Waals surface area contributed by atoms with E-state index in [1.165, 1.54) is 24.3 Å². The molecule has 0 aliphatic rings. The quantitative estimate of drug-likeness (QED) is 0.318. The fourth-order valence-electron chi connectivity index (χ4n) is 2.68. The standard InChI is InChI=1S/C22H19N5O5/c1-15(17-9-6-7-13-23-17)25-26-22(29)16-8-2-3-10-18(16)24-21(28)14-32-20-12-5-4-11-19(20)27(30)31/h2-13H,14H2,1H3,(H,24,28)(H,26,29)/b25-15+. The molecule has 10 nitrogen and oxygen atoms in total. The van der Waals surface area contributed by atoms with Gasteiger partial charge in [-0.25, -0.2) is 5.43 Å². The number of para-hydroxylation sites is 3. The fourth-order valence-corrected chi connectivity index (χ4v) is 2.68. The Labute approximate surface area is 183 Å². The Morgan fingerprint density at radius 2 is 1.78 bits per heavy atom. The number of aromatic nitrogens is 1. The average Bonchev–Trinajstić information content (AvgIpc) is 2.82. The Hall–Kier alpha value is -4.60. The molecular weight excluding hydrogens is 414 g/mol. The molecule has 2 aromatic carbocycles. The van der Waals surface area contributed by atoms with Gasteiger partial charge in [0.25, 0.3) is 11.8 Å². The van der Waals surface area contributed by atoms with Crippen LogP contribution in [0.1, 0.15) is 23.0 Å². The highest BCUT2D eigenvalue weighted by atomic mass is 16.6. The third kappa shape index (κ3) is 5.72. The van der Waals surface area contributed by atoms with Crippen LogP contribution in [0.15, 0.2) is 78.0 Å². The number of rotatable bonds is 8. The number of nitrogens with zero attached hydrogens (tertiary/aromatic N) is 3. The second-order valence-corrected chi connectivity index (χ2v) is 6.46. The van der Waals surface area contributed by atoms with Gasteiger partial charge in [-0.15, -0.1) is 0 Å². The summed E-state index contributed by atoms with van der Waals surface area (Å²) in [7, 11) is 0. The number of hydrogen-bond donors (Lipinski definition) is 2. The normalized spacial score (nSPS) is 10.8. The first-order chi connectivity index (χ1) is 15.5. The molecule has 0 spiro atoms. The van der Waals surface area contributed by atoms with Crippen LogP contribution in [0.4, 0.5) is 11.4 Å². The van der Waals surface area contributed by atoms with Gasteiger partial charge in [-0.1, -0.05) is 30.3 Å². The molecule has 10 heteroatoms. The molecule has 162 valence electrons. The van der Waals surface area contributed by atoms with E-state index in [1.54, 1.807) is 55.6 Å². The van der Waals surface area contributed by atoms with E-state index in [2.05, 4.69) is 20.8 Å². The second kappa shape index (κ2) is 10.4. The van der Waals surface area contributed by atoms with Crippen molar-refractivity contribution in [2.75, 3.05) is 11.9 Å². The Morgan fingerprint density at radius 1 is 1.06 bits per heavy atom. The molecular formula is C22H19N5O5. The fraction of sp³-hybridized carbons (Fsp3) is 0.0909. The number of nitro benzene ring substituents is 1. The number of hydrazone groups is 1. The molecule has 32 heavy (non-hydrogen) atoms. The first-order valence-electron chi connectivity index (χ1n) is 9.47. The van der Waals surface area contributed by atoms with E-state index in [0.29, 0.717) is 11.4 Å². The largest absolute Gasteiger partial charge is 0.477 e. The molecule has 0 aliphatic carbocycles. The van der Waals surface area contributed by atoms with Gasteiger partial charge in [0.05, 0.1) is 27.6 Å². The summed E-state index contributed by atoms with van der Waals surface area (Å²) in [5.41, 5.74) is 3.74. The highest BCUT2D eigenvalue weighted by Crippen LogP contribution is 2.25. The number of ether oxygens (including phenoxy) is 1. The van der Waals surface area contributed by atoms with Crippen LogP contribution in [0, 0.1) is 10.1 Å². The lowest BCUT2D eigenvalue weighted by atomic mass is 10.1. The molecule has 1 aromatic heterocycles. The van der Waals surface area contributed by atoms with Gasteiger partial charge in [0.15, 0.2) is 12.4 Å². The van der Waals surface area contributed by atoms with E-state index in [1.807, 2.05) is 0 Å². The molecule has 0 saturated heterocycles. The van der Waals surface area contributed by atoms with Crippen LogP contribution >= 0.6 is 0 Å². The van der Waals surface area contributed by atoms with E-state index >= 15 is 0 Å². The lowest BCUT2D eigenvalue weighted by molar-refractivity contribution is -0.385. The van der Waals surface area contributed by atoms with Crippen LogP contribution in [-0.4, -0.2) is 34.0 Å². The molecule has 0 fully saturated rings. The SMILES string of the molecule is C/C(=N\NC(=O)c1ccccc1NC(=O)COc1ccccc1[N+](=O)[O-])c1ccccn1. The van der Waals surface area contributed by atoms with Gasteiger partial charge in [-0.05, 0) is 37.3 Å². The Kier molecular flexibility index (Phi) is 7.20. The van der Waals surface area contributed by atoms with Gasteiger partial charge in [0, 0.05) is 12.3 Å². The summed E-state index contributed by atoms with van der Waals surface area (Å²) in [5, 5.41) is 17.7. The van der Waals surface area contributed by atoms with Crippen LogP contribution in [0.3, 0.4) is 0 Å². The number of anilines is 1. The lowest BCUT2D eigenvalue weighted by Gasteiger charge is -2.11. The summed E-state index contributed by atoms with van der Waals surface area (Å²) in [6.45, 7) is 1.23. The van der Waals surface area contributed by atoms with Crippen molar-refractivity contribution in [1.82, 2.24) is 10.4 Å². The van der Waals surface area contributed by atoms with Crippen LogP contribution in [-0.2, 0) is 4.79 Å². The van der Waals surface area contributed by atoms with Crippen molar-refractivity contribution in [2.24, 2.45) is 5.10 Å². The minimum Gasteiger partial charge on any atom is -0.477 e. The summed E-state index contributed by atoms with van der Waals surface area (Å²) in [4.78, 5) is 39.5. The molecule has 0 radical (unpaired) electrons. The number of amides is 2. The maximum absolute atomic E-state index is 12.6. The van der Waals surface area contributed by atoms with E-state index in [4.69, 9.17) is 4.74 Å². The van der Waals surface area contributed by atoms with Crippen molar-refractivity contribution in [3.8, 4) is 5.75 Å². The van der Waals surface area contributed by atoms with Crippen molar-refractivity contribution in [1.29, 1.82) is 0 Å². The van der Waals surface area contributed by atoms with Crippen molar-refractivity contribution >= 4 is 28.9 Å². The zero-order chi connectivity index (χ0) is 22.9. The Morgan fingerprint density at radius 3 is 2.53 bits per heavy atom. The average molecular weight is 433 g/mol. The molecule has 0 bridgehead atoms. The van der Waals surface area contributed by atoms with Crippen LogP contribution < -0.4 is 15.5 Å². The molecule has 3 rings (SSSR count). The van der Waals surface area contributed by atoms with Gasteiger partial charge >= 0.3 is 5.69 Å². The maximum Gasteiger partial charge on any atom is 0.310 e. The van der Waals surface area contributed by atoms with Gasteiger partial charge in [-0.3, -0.25) is 24.7 Å². The third-order valence-corrected chi connectivity index (χ3v) is 4.23. The van der Waals surface area contributed by atoms with E-state index in [0.717, 1.165) is 0 Å². The highest BCUT2D eigenvalue weighted by Gasteiger charge is 2.17. The van der Waals surface area contributed by atoms with Gasteiger partial charge in [0.2, 0.25) is 0 Å². The smallest absolute Gasteiger partial charge is 0.310 e. The maximum atomic E-state index is 12.6. The number of carbonyl (C=O) groups is 2. The summed E-state index contributed by atoms with van der Waals surface area (Å²) in [6, 6.07) is 17.4. The van der Waals surface area contributed by atoms with Crippen molar-refractivity contribution in [3.63, 3.8) is 0 Å². The van der Waals surface area contributed by atoms with Crippen LogP contribution in [0.5, 0.6) is 5.75 Å². The van der Waals surface area contributed by atoms with Crippen molar-refractivity contribution < 1.29 is 19.2 Å². The number of benzene rings is 2. The van der Waals surface area contributed by atoms with Crippen LogP contribution in [0.25, 0.3) is 0 Å². The number of nitrogens with one attached hydrogen (secondary N) is 2. The number of carbonyl (C=O) groups excluding carboxylic acids is 2. The number of hydrogen-bond acceptors (Lipinski definition) is 7. The van der Waals surface area contributed by atoms with Gasteiger partial charge in [-0.2, -0.15) is 5.10 Å². The molecule has 2 N–H and O–H groups in total. The zero-order valence-electron chi connectivity index (χ0n) is 17.0. The van der Waals surface area contributed by atoms with E-state index in [9.17, 15) is 19.7 Å². The van der Waals surface area contributed by atoms with Crippen molar-refractivity contribution in [3.05, 3.63) is 94.3 Å². The number of nitro groups is 1. The molecule has 0 saturated carbocycles. The molecule has 0 atom stereocenters. The molecule has 2 amide bonds. The zero-order valence-corrected chi connectivity index (χ0v) is 17.0. The number of pyridine rings is 1. The predicted molar refractivity (Wildman–Crippen MR) is 118 cm³/mol. The minimum absolute atomic E-state index is 0.0296. The first kappa shape index (κ1) is 22.1. The van der Waals surface area contributed by atoms with Crippen molar-refractivity contribution in [2.45, 2.75) is 6.92 Å². The Balaban J connectivity index is 1.65. The summed E-state index contributed by atoms with van der Waals surface area (Å²) >= 11 is 0. The Bertz CT molecular complexity index is 1160. The molecule has 0 aliphatic heterocycles. The highest BCUT2D eigenvalue weighted by molar-refractivity contribution is 6.05. The topological polar surface area (TPSA) is 136 Å². The lowest BCUT2D eigenvalue weighted by Crippen LogP contribution is -2.24.